The Morgan fingerprint density at radius 2 is 2.00 bits per heavy atom. The number of carbonyl (C=O) groups excluding carboxylic acids is 2. The van der Waals surface area contributed by atoms with Gasteiger partial charge in [0.1, 0.15) is 5.78 Å². The van der Waals surface area contributed by atoms with Crippen molar-refractivity contribution in [3.63, 3.8) is 0 Å². The van der Waals surface area contributed by atoms with Crippen LogP contribution in [0.3, 0.4) is 0 Å². The van der Waals surface area contributed by atoms with Crippen molar-refractivity contribution in [3.05, 3.63) is 35.4 Å². The number of hydrogen-bond donors (Lipinski definition) is 0. The Labute approximate surface area is 83.9 Å². The molecule has 0 atom stereocenters. The fourth-order valence-corrected chi connectivity index (χ4v) is 1.29. The van der Waals surface area contributed by atoms with Crippen LogP contribution in [0.25, 0.3) is 0 Å². The smallest absolute Gasteiger partial charge is 0.170 e. The molecule has 0 aliphatic heterocycles. The Balaban J connectivity index is 2.84. The summed E-state index contributed by atoms with van der Waals surface area (Å²) in [6, 6.07) is 7.44. The van der Waals surface area contributed by atoms with Crippen LogP contribution in [0, 0.1) is 0 Å². The molecule has 2 nitrogen and oxygen atoms in total. The van der Waals surface area contributed by atoms with Crippen molar-refractivity contribution in [3.8, 4) is 0 Å². The summed E-state index contributed by atoms with van der Waals surface area (Å²) in [5, 5.41) is 0. The molecule has 0 aliphatic rings. The fraction of sp³-hybridized carbons (Fsp3) is 0.333. The maximum atomic E-state index is 11.5. The summed E-state index contributed by atoms with van der Waals surface area (Å²) < 4.78 is 0. The maximum absolute atomic E-state index is 11.5. The standard InChI is InChI=1S/C12H14O2/c1-3-10-5-4-6-11(8-10)12(14)7-9(2)13/h4-6,8H,3,7H2,1-2H3. The average molecular weight is 190 g/mol. The molecule has 0 amide bonds. The summed E-state index contributed by atoms with van der Waals surface area (Å²) >= 11 is 0. The van der Waals surface area contributed by atoms with Crippen LogP contribution in [-0.4, -0.2) is 11.6 Å². The molecule has 1 rings (SSSR count). The SMILES string of the molecule is CCc1cccc(C(=O)CC(C)=O)c1. The molecule has 0 spiro atoms. The molecule has 0 heterocycles. The molecule has 0 radical (unpaired) electrons. The molecule has 0 fully saturated rings. The largest absolute Gasteiger partial charge is 0.300 e. The normalized spacial score (nSPS) is 9.86. The van der Waals surface area contributed by atoms with E-state index in [9.17, 15) is 9.59 Å². The summed E-state index contributed by atoms with van der Waals surface area (Å²) in [5.41, 5.74) is 1.76. The lowest BCUT2D eigenvalue weighted by molar-refractivity contribution is -0.116. The van der Waals surface area contributed by atoms with Gasteiger partial charge in [-0.3, -0.25) is 9.59 Å². The van der Waals surface area contributed by atoms with E-state index in [0.717, 1.165) is 12.0 Å². The number of hydrogen-bond acceptors (Lipinski definition) is 2. The molecule has 1 aromatic carbocycles. The predicted octanol–water partition coefficient (Wildman–Crippen LogP) is 2.41. The van der Waals surface area contributed by atoms with Crippen LogP contribution in [0.1, 0.15) is 36.2 Å². The molecule has 14 heavy (non-hydrogen) atoms. The Kier molecular flexibility index (Phi) is 3.57. The van der Waals surface area contributed by atoms with Gasteiger partial charge in [-0.25, -0.2) is 0 Å². The van der Waals surface area contributed by atoms with Crippen LogP contribution in [0.15, 0.2) is 24.3 Å². The number of ketones is 2. The molecule has 0 unspecified atom stereocenters. The van der Waals surface area contributed by atoms with Gasteiger partial charge in [-0.1, -0.05) is 25.1 Å². The van der Waals surface area contributed by atoms with Gasteiger partial charge >= 0.3 is 0 Å². The van der Waals surface area contributed by atoms with Crippen LogP contribution >= 0.6 is 0 Å². The first kappa shape index (κ1) is 10.6. The van der Waals surface area contributed by atoms with Crippen molar-refractivity contribution < 1.29 is 9.59 Å². The van der Waals surface area contributed by atoms with Gasteiger partial charge in [0.2, 0.25) is 0 Å². The highest BCUT2D eigenvalue weighted by atomic mass is 16.1. The van der Waals surface area contributed by atoms with Crippen molar-refractivity contribution in [2.75, 3.05) is 0 Å². The van der Waals surface area contributed by atoms with Crippen molar-refractivity contribution in [2.24, 2.45) is 0 Å². The van der Waals surface area contributed by atoms with Crippen molar-refractivity contribution >= 4 is 11.6 Å². The van der Waals surface area contributed by atoms with Crippen molar-refractivity contribution in [1.82, 2.24) is 0 Å². The second-order valence-electron chi connectivity index (χ2n) is 3.36. The topological polar surface area (TPSA) is 34.1 Å². The molecule has 0 saturated heterocycles. The van der Waals surface area contributed by atoms with Gasteiger partial charge in [0, 0.05) is 5.56 Å². The van der Waals surface area contributed by atoms with Crippen LogP contribution in [0.4, 0.5) is 0 Å². The van der Waals surface area contributed by atoms with E-state index in [1.54, 1.807) is 6.07 Å². The highest BCUT2D eigenvalue weighted by Crippen LogP contribution is 2.08. The van der Waals surface area contributed by atoms with Gasteiger partial charge in [0.15, 0.2) is 5.78 Å². The molecule has 0 bridgehead atoms. The van der Waals surface area contributed by atoms with E-state index >= 15 is 0 Å². The zero-order valence-electron chi connectivity index (χ0n) is 8.54. The highest BCUT2D eigenvalue weighted by molar-refractivity contribution is 6.07. The molecular formula is C12H14O2. The van der Waals surface area contributed by atoms with Crippen LogP contribution in [0.2, 0.25) is 0 Å². The fourth-order valence-electron chi connectivity index (χ4n) is 1.29. The van der Waals surface area contributed by atoms with E-state index in [1.165, 1.54) is 6.92 Å². The van der Waals surface area contributed by atoms with E-state index in [1.807, 2.05) is 25.1 Å². The first-order valence-corrected chi connectivity index (χ1v) is 4.75. The molecule has 0 saturated carbocycles. The Bertz CT molecular complexity index is 353. The van der Waals surface area contributed by atoms with Gasteiger partial charge in [-0.15, -0.1) is 0 Å². The molecule has 0 N–H and O–H groups in total. The predicted molar refractivity (Wildman–Crippen MR) is 55.4 cm³/mol. The monoisotopic (exact) mass is 190 g/mol. The first-order valence-electron chi connectivity index (χ1n) is 4.75. The van der Waals surface area contributed by atoms with Crippen molar-refractivity contribution in [1.29, 1.82) is 0 Å². The number of Topliss-reactive ketones (excluding diaryl/α,β-unsaturated/α-hetero) is 2. The van der Waals surface area contributed by atoms with E-state index in [0.29, 0.717) is 5.56 Å². The average Bonchev–Trinajstić information content (AvgIpc) is 2.17. The highest BCUT2D eigenvalue weighted by Gasteiger charge is 2.08. The Morgan fingerprint density at radius 1 is 1.29 bits per heavy atom. The summed E-state index contributed by atoms with van der Waals surface area (Å²) in [5.74, 6) is -0.176. The summed E-state index contributed by atoms with van der Waals surface area (Å²) in [7, 11) is 0. The Hall–Kier alpha value is -1.44. The molecule has 74 valence electrons. The van der Waals surface area contributed by atoms with Crippen LogP contribution in [-0.2, 0) is 11.2 Å². The third-order valence-electron chi connectivity index (χ3n) is 2.07. The zero-order valence-corrected chi connectivity index (χ0v) is 8.54. The number of rotatable bonds is 4. The summed E-state index contributed by atoms with van der Waals surface area (Å²) in [6.07, 6.45) is 0.911. The van der Waals surface area contributed by atoms with E-state index in [2.05, 4.69) is 0 Å². The number of carbonyl (C=O) groups is 2. The summed E-state index contributed by atoms with van der Waals surface area (Å²) in [4.78, 5) is 22.3. The zero-order chi connectivity index (χ0) is 10.6. The van der Waals surface area contributed by atoms with Crippen molar-refractivity contribution in [2.45, 2.75) is 26.7 Å². The quantitative estimate of drug-likeness (QED) is 0.539. The lowest BCUT2D eigenvalue weighted by Gasteiger charge is -2.01. The van der Waals surface area contributed by atoms with Gasteiger partial charge in [0.25, 0.3) is 0 Å². The van der Waals surface area contributed by atoms with Gasteiger partial charge in [-0.05, 0) is 25.0 Å². The Morgan fingerprint density at radius 3 is 2.57 bits per heavy atom. The van der Waals surface area contributed by atoms with E-state index in [4.69, 9.17) is 0 Å². The molecule has 1 aromatic rings. The maximum Gasteiger partial charge on any atom is 0.170 e. The number of aryl methyl sites for hydroxylation is 1. The molecule has 0 aromatic heterocycles. The summed E-state index contributed by atoms with van der Waals surface area (Å²) in [6.45, 7) is 3.47. The van der Waals surface area contributed by atoms with Gasteiger partial charge in [0.05, 0.1) is 6.42 Å². The lowest BCUT2D eigenvalue weighted by Crippen LogP contribution is -2.05. The third-order valence-corrected chi connectivity index (χ3v) is 2.07. The molecule has 0 aliphatic carbocycles. The van der Waals surface area contributed by atoms with E-state index < -0.39 is 0 Å². The van der Waals surface area contributed by atoms with Gasteiger partial charge < -0.3 is 0 Å². The lowest BCUT2D eigenvalue weighted by atomic mass is 10.0. The number of benzene rings is 1. The van der Waals surface area contributed by atoms with Gasteiger partial charge in [-0.2, -0.15) is 0 Å². The second kappa shape index (κ2) is 4.70. The van der Waals surface area contributed by atoms with E-state index in [-0.39, 0.29) is 18.0 Å². The minimum Gasteiger partial charge on any atom is -0.300 e. The van der Waals surface area contributed by atoms with Crippen LogP contribution < -0.4 is 0 Å². The molecular weight excluding hydrogens is 176 g/mol. The minimum absolute atomic E-state index is 0.00711. The minimum atomic E-state index is -0.0900. The molecule has 2 heteroatoms. The third kappa shape index (κ3) is 2.80. The van der Waals surface area contributed by atoms with Crippen LogP contribution in [0.5, 0.6) is 0 Å². The first-order chi connectivity index (χ1) is 6.63. The second-order valence-corrected chi connectivity index (χ2v) is 3.36.